The summed E-state index contributed by atoms with van der Waals surface area (Å²) >= 11 is 0. The van der Waals surface area contributed by atoms with Gasteiger partial charge < -0.3 is 5.11 Å². The highest BCUT2D eigenvalue weighted by atomic mass is 16.3. The van der Waals surface area contributed by atoms with Crippen LogP contribution in [-0.4, -0.2) is 11.2 Å². The Morgan fingerprint density at radius 3 is 2.08 bits per heavy atom. The van der Waals surface area contributed by atoms with Gasteiger partial charge in [0.05, 0.1) is 6.10 Å². The van der Waals surface area contributed by atoms with E-state index >= 15 is 0 Å². The summed E-state index contributed by atoms with van der Waals surface area (Å²) in [7, 11) is 0. The number of aliphatic hydroxyl groups excluding tert-OH is 1. The molecule has 0 aromatic carbocycles. The minimum Gasteiger partial charge on any atom is -0.393 e. The Morgan fingerprint density at radius 1 is 1.15 bits per heavy atom. The molecule has 0 unspecified atom stereocenters. The maximum Gasteiger partial charge on any atom is 0.0540 e. The lowest BCUT2D eigenvalue weighted by molar-refractivity contribution is 0.136. The normalized spacial score (nSPS) is 17.7. The SMILES string of the molecule is C[C@H](O)[C@H](C)C/C=C/CC(C)(C)C. The van der Waals surface area contributed by atoms with E-state index in [1.54, 1.807) is 0 Å². The molecule has 0 heterocycles. The molecule has 0 fully saturated rings. The molecule has 0 aromatic rings. The Bertz CT molecular complexity index is 151. The van der Waals surface area contributed by atoms with Crippen LogP contribution in [0, 0.1) is 11.3 Å². The third-order valence-corrected chi connectivity index (χ3v) is 2.23. The maximum atomic E-state index is 9.25. The zero-order valence-electron chi connectivity index (χ0n) is 9.67. The largest absolute Gasteiger partial charge is 0.393 e. The first-order chi connectivity index (χ1) is 5.83. The summed E-state index contributed by atoms with van der Waals surface area (Å²) in [5.74, 6) is 0.371. The van der Waals surface area contributed by atoms with Gasteiger partial charge >= 0.3 is 0 Å². The molecular formula is C12H24O. The quantitative estimate of drug-likeness (QED) is 0.664. The molecular weight excluding hydrogens is 160 g/mol. The number of allylic oxidation sites excluding steroid dienone is 2. The first-order valence-corrected chi connectivity index (χ1v) is 5.16. The molecule has 1 heteroatoms. The van der Waals surface area contributed by atoms with Gasteiger partial charge in [-0.2, -0.15) is 0 Å². The Balaban J connectivity index is 3.64. The molecule has 0 saturated carbocycles. The fraction of sp³-hybridized carbons (Fsp3) is 0.833. The molecule has 0 radical (unpaired) electrons. The van der Waals surface area contributed by atoms with Crippen molar-refractivity contribution in [3.63, 3.8) is 0 Å². The van der Waals surface area contributed by atoms with Gasteiger partial charge in [-0.05, 0) is 31.1 Å². The molecule has 2 atom stereocenters. The van der Waals surface area contributed by atoms with Gasteiger partial charge in [0.2, 0.25) is 0 Å². The van der Waals surface area contributed by atoms with Crippen molar-refractivity contribution in [2.24, 2.45) is 11.3 Å². The Kier molecular flexibility index (Phi) is 5.31. The van der Waals surface area contributed by atoms with E-state index in [-0.39, 0.29) is 6.10 Å². The van der Waals surface area contributed by atoms with Gasteiger partial charge in [0.15, 0.2) is 0 Å². The molecule has 0 aliphatic heterocycles. The Hall–Kier alpha value is -0.300. The minimum absolute atomic E-state index is 0.195. The molecule has 78 valence electrons. The van der Waals surface area contributed by atoms with Crippen molar-refractivity contribution in [2.45, 2.75) is 53.6 Å². The molecule has 0 spiro atoms. The maximum absolute atomic E-state index is 9.25. The van der Waals surface area contributed by atoms with E-state index < -0.39 is 0 Å². The smallest absolute Gasteiger partial charge is 0.0540 e. The van der Waals surface area contributed by atoms with Crippen molar-refractivity contribution in [3.8, 4) is 0 Å². The highest BCUT2D eigenvalue weighted by molar-refractivity contribution is 4.87. The average molecular weight is 184 g/mol. The van der Waals surface area contributed by atoms with Crippen LogP contribution in [0.2, 0.25) is 0 Å². The second-order valence-electron chi connectivity index (χ2n) is 5.19. The first-order valence-electron chi connectivity index (χ1n) is 5.16. The Morgan fingerprint density at radius 2 is 1.69 bits per heavy atom. The summed E-state index contributed by atoms with van der Waals surface area (Å²) in [6, 6.07) is 0. The fourth-order valence-corrected chi connectivity index (χ4v) is 0.945. The van der Waals surface area contributed by atoms with E-state index in [9.17, 15) is 5.11 Å². The van der Waals surface area contributed by atoms with E-state index in [1.807, 2.05) is 6.92 Å². The summed E-state index contributed by atoms with van der Waals surface area (Å²) in [5, 5.41) is 9.25. The fourth-order valence-electron chi connectivity index (χ4n) is 0.945. The summed E-state index contributed by atoms with van der Waals surface area (Å²) in [6.45, 7) is 10.6. The predicted molar refractivity (Wildman–Crippen MR) is 58.7 cm³/mol. The standard InChI is InChI=1S/C12H24O/c1-10(11(2)13)8-6-7-9-12(3,4)5/h6-7,10-11,13H,8-9H2,1-5H3/b7-6+/t10-,11+/m1/s1. The van der Waals surface area contributed by atoms with Crippen molar-refractivity contribution in [2.75, 3.05) is 0 Å². The predicted octanol–water partition coefficient (Wildman–Crippen LogP) is 3.39. The number of aliphatic hydroxyl groups is 1. The Labute approximate surface area is 82.9 Å². The lowest BCUT2D eigenvalue weighted by Gasteiger charge is -2.15. The second kappa shape index (κ2) is 5.43. The van der Waals surface area contributed by atoms with E-state index in [0.717, 1.165) is 12.8 Å². The molecule has 0 bridgehead atoms. The monoisotopic (exact) mass is 184 g/mol. The van der Waals surface area contributed by atoms with E-state index in [4.69, 9.17) is 0 Å². The summed E-state index contributed by atoms with van der Waals surface area (Å²) in [6.07, 6.45) is 6.30. The van der Waals surface area contributed by atoms with Crippen LogP contribution in [-0.2, 0) is 0 Å². The molecule has 0 aliphatic carbocycles. The third-order valence-electron chi connectivity index (χ3n) is 2.23. The minimum atomic E-state index is -0.195. The second-order valence-corrected chi connectivity index (χ2v) is 5.19. The van der Waals surface area contributed by atoms with Crippen molar-refractivity contribution in [1.29, 1.82) is 0 Å². The number of hydrogen-bond donors (Lipinski definition) is 1. The van der Waals surface area contributed by atoms with Crippen molar-refractivity contribution >= 4 is 0 Å². The molecule has 1 nitrogen and oxygen atoms in total. The lowest BCUT2D eigenvalue weighted by Crippen LogP contribution is -2.11. The van der Waals surface area contributed by atoms with E-state index in [1.165, 1.54) is 0 Å². The van der Waals surface area contributed by atoms with Gasteiger partial charge in [-0.25, -0.2) is 0 Å². The molecule has 0 aromatic heterocycles. The van der Waals surface area contributed by atoms with Crippen LogP contribution in [0.15, 0.2) is 12.2 Å². The van der Waals surface area contributed by atoms with Crippen LogP contribution in [0.25, 0.3) is 0 Å². The zero-order valence-corrected chi connectivity index (χ0v) is 9.67. The summed E-state index contributed by atoms with van der Waals surface area (Å²) < 4.78 is 0. The zero-order chi connectivity index (χ0) is 10.5. The first kappa shape index (κ1) is 12.7. The van der Waals surface area contributed by atoms with Gasteiger partial charge in [0.25, 0.3) is 0 Å². The van der Waals surface area contributed by atoms with Gasteiger partial charge in [-0.3, -0.25) is 0 Å². The van der Waals surface area contributed by atoms with Crippen molar-refractivity contribution < 1.29 is 5.11 Å². The van der Waals surface area contributed by atoms with Crippen molar-refractivity contribution in [3.05, 3.63) is 12.2 Å². The van der Waals surface area contributed by atoms with Crippen LogP contribution in [0.1, 0.15) is 47.5 Å². The van der Waals surface area contributed by atoms with Crippen LogP contribution < -0.4 is 0 Å². The van der Waals surface area contributed by atoms with Gasteiger partial charge in [0.1, 0.15) is 0 Å². The molecule has 0 saturated heterocycles. The van der Waals surface area contributed by atoms with Crippen LogP contribution in [0.5, 0.6) is 0 Å². The summed E-state index contributed by atoms with van der Waals surface area (Å²) in [4.78, 5) is 0. The molecule has 13 heavy (non-hydrogen) atoms. The van der Waals surface area contributed by atoms with Gasteiger partial charge in [-0.15, -0.1) is 0 Å². The highest BCUT2D eigenvalue weighted by Gasteiger charge is 2.08. The molecule has 0 amide bonds. The van der Waals surface area contributed by atoms with Gasteiger partial charge in [0, 0.05) is 0 Å². The van der Waals surface area contributed by atoms with Crippen LogP contribution in [0.3, 0.4) is 0 Å². The number of hydrogen-bond acceptors (Lipinski definition) is 1. The van der Waals surface area contributed by atoms with Gasteiger partial charge in [-0.1, -0.05) is 39.8 Å². The van der Waals surface area contributed by atoms with E-state index in [2.05, 4.69) is 39.8 Å². The average Bonchev–Trinajstić information content (AvgIpc) is 1.95. The number of rotatable bonds is 4. The van der Waals surface area contributed by atoms with Crippen LogP contribution in [0.4, 0.5) is 0 Å². The lowest BCUT2D eigenvalue weighted by atomic mass is 9.91. The topological polar surface area (TPSA) is 20.2 Å². The molecule has 1 N–H and O–H groups in total. The van der Waals surface area contributed by atoms with E-state index in [0.29, 0.717) is 11.3 Å². The third kappa shape index (κ3) is 8.04. The van der Waals surface area contributed by atoms with Crippen LogP contribution >= 0.6 is 0 Å². The van der Waals surface area contributed by atoms with Crippen molar-refractivity contribution in [1.82, 2.24) is 0 Å². The molecule has 0 rings (SSSR count). The highest BCUT2D eigenvalue weighted by Crippen LogP contribution is 2.19. The summed E-state index contributed by atoms with van der Waals surface area (Å²) in [5.41, 5.74) is 0.380. The molecule has 0 aliphatic rings.